The number of rotatable bonds is 4. The van der Waals surface area contributed by atoms with Crippen LogP contribution in [0.5, 0.6) is 0 Å². The van der Waals surface area contributed by atoms with E-state index in [1.807, 2.05) is 13.8 Å². The second-order valence-corrected chi connectivity index (χ2v) is 3.57. The van der Waals surface area contributed by atoms with Gasteiger partial charge in [0.2, 0.25) is 5.91 Å². The molecule has 0 spiro atoms. The third-order valence-electron chi connectivity index (χ3n) is 2.18. The van der Waals surface area contributed by atoms with E-state index in [9.17, 15) is 9.59 Å². The fourth-order valence-corrected chi connectivity index (χ4v) is 1.58. The van der Waals surface area contributed by atoms with Gasteiger partial charge in [0.15, 0.2) is 0 Å². The Labute approximate surface area is 73.3 Å². The van der Waals surface area contributed by atoms with E-state index in [0.29, 0.717) is 0 Å². The first-order valence-electron chi connectivity index (χ1n) is 4.17. The largest absolute Gasteiger partial charge is 0.369 e. The molecule has 0 radical (unpaired) electrons. The summed E-state index contributed by atoms with van der Waals surface area (Å²) in [6.07, 6.45) is 0. The van der Waals surface area contributed by atoms with E-state index in [4.69, 9.17) is 5.73 Å². The number of nitrogens with two attached hydrogens (primary N) is 1. The normalized spacial score (nSPS) is 15.8. The zero-order chi connectivity index (χ0) is 9.89. The van der Waals surface area contributed by atoms with Gasteiger partial charge in [0.25, 0.3) is 0 Å². The summed E-state index contributed by atoms with van der Waals surface area (Å²) < 4.78 is 0. The first kappa shape index (κ1) is 11.1. The predicted molar refractivity (Wildman–Crippen MR) is 47.4 cm³/mol. The molecule has 0 aliphatic carbocycles. The van der Waals surface area contributed by atoms with Gasteiger partial charge in [-0.1, -0.05) is 20.8 Å². The van der Waals surface area contributed by atoms with E-state index >= 15 is 0 Å². The molecule has 0 heterocycles. The molecule has 70 valence electrons. The van der Waals surface area contributed by atoms with Gasteiger partial charge in [0.05, 0.1) is 0 Å². The van der Waals surface area contributed by atoms with Crippen LogP contribution in [0.1, 0.15) is 27.7 Å². The molecule has 0 saturated heterocycles. The minimum atomic E-state index is -0.399. The Balaban J connectivity index is 4.51. The monoisotopic (exact) mass is 171 g/mol. The van der Waals surface area contributed by atoms with Crippen LogP contribution >= 0.6 is 0 Å². The second-order valence-electron chi connectivity index (χ2n) is 3.57. The highest BCUT2D eigenvalue weighted by Gasteiger charge is 2.28. The summed E-state index contributed by atoms with van der Waals surface area (Å²) in [5.74, 6) is -0.782. The highest BCUT2D eigenvalue weighted by molar-refractivity contribution is 5.86. The summed E-state index contributed by atoms with van der Waals surface area (Å²) >= 11 is 0. The fourth-order valence-electron chi connectivity index (χ4n) is 1.58. The quantitative estimate of drug-likeness (QED) is 0.685. The molecule has 2 atom stereocenters. The van der Waals surface area contributed by atoms with E-state index < -0.39 is 5.91 Å². The van der Waals surface area contributed by atoms with Crippen molar-refractivity contribution in [1.29, 1.82) is 0 Å². The number of Topliss-reactive ketones (excluding diaryl/α,β-unsaturated/α-hetero) is 1. The van der Waals surface area contributed by atoms with Crippen molar-refractivity contribution in [2.75, 3.05) is 0 Å². The number of carbonyl (C=O) groups excluding carboxylic acids is 2. The summed E-state index contributed by atoms with van der Waals surface area (Å²) in [7, 11) is 0. The summed E-state index contributed by atoms with van der Waals surface area (Å²) in [6.45, 7) is 7.05. The van der Waals surface area contributed by atoms with Crippen LogP contribution in [-0.4, -0.2) is 11.7 Å². The molecule has 0 saturated carbocycles. The van der Waals surface area contributed by atoms with E-state index in [1.165, 1.54) is 6.92 Å². The van der Waals surface area contributed by atoms with Gasteiger partial charge in [-0.15, -0.1) is 0 Å². The van der Waals surface area contributed by atoms with Crippen molar-refractivity contribution in [1.82, 2.24) is 0 Å². The predicted octanol–water partition coefficient (Wildman–Crippen LogP) is 0.969. The van der Waals surface area contributed by atoms with E-state index in [2.05, 4.69) is 0 Å². The molecular weight excluding hydrogens is 154 g/mol. The first-order chi connectivity index (χ1) is 5.37. The van der Waals surface area contributed by atoms with Crippen LogP contribution in [0.3, 0.4) is 0 Å². The topological polar surface area (TPSA) is 60.2 Å². The molecule has 0 rings (SSSR count). The SMILES string of the molecule is CC(=O)C(C(C)C)C(C)C(N)=O. The summed E-state index contributed by atoms with van der Waals surface area (Å²) in [5.41, 5.74) is 5.12. The summed E-state index contributed by atoms with van der Waals surface area (Å²) in [6, 6.07) is 0. The molecule has 1 amide bonds. The van der Waals surface area contributed by atoms with Crippen molar-refractivity contribution in [3.8, 4) is 0 Å². The molecule has 12 heavy (non-hydrogen) atoms. The Bertz CT molecular complexity index is 187. The van der Waals surface area contributed by atoms with Gasteiger partial charge in [0, 0.05) is 11.8 Å². The Morgan fingerprint density at radius 2 is 1.58 bits per heavy atom. The maximum absolute atomic E-state index is 11.1. The molecule has 2 N–H and O–H groups in total. The number of hydrogen-bond donors (Lipinski definition) is 1. The number of amides is 1. The maximum Gasteiger partial charge on any atom is 0.220 e. The number of ketones is 1. The Hall–Kier alpha value is -0.860. The van der Waals surface area contributed by atoms with Crippen LogP contribution < -0.4 is 5.73 Å². The van der Waals surface area contributed by atoms with Gasteiger partial charge >= 0.3 is 0 Å². The molecule has 3 heteroatoms. The maximum atomic E-state index is 11.1. The van der Waals surface area contributed by atoms with Gasteiger partial charge in [-0.3, -0.25) is 9.59 Å². The smallest absolute Gasteiger partial charge is 0.220 e. The standard InChI is InChI=1S/C9H17NO2/c1-5(2)8(7(4)11)6(3)9(10)12/h5-6,8H,1-4H3,(H2,10,12). The van der Waals surface area contributed by atoms with Crippen LogP contribution in [-0.2, 0) is 9.59 Å². The highest BCUT2D eigenvalue weighted by Crippen LogP contribution is 2.21. The van der Waals surface area contributed by atoms with Gasteiger partial charge in [-0.25, -0.2) is 0 Å². The Morgan fingerprint density at radius 1 is 1.17 bits per heavy atom. The molecule has 0 aromatic heterocycles. The molecule has 0 fully saturated rings. The summed E-state index contributed by atoms with van der Waals surface area (Å²) in [5, 5.41) is 0. The van der Waals surface area contributed by atoms with E-state index in [1.54, 1.807) is 6.92 Å². The van der Waals surface area contributed by atoms with Crippen molar-refractivity contribution in [2.24, 2.45) is 23.5 Å². The molecule has 2 unspecified atom stereocenters. The van der Waals surface area contributed by atoms with Crippen LogP contribution in [0.4, 0.5) is 0 Å². The first-order valence-corrected chi connectivity index (χ1v) is 4.17. The van der Waals surface area contributed by atoms with Crippen molar-refractivity contribution in [3.63, 3.8) is 0 Å². The number of primary amides is 1. The molecule has 0 aliphatic heterocycles. The Morgan fingerprint density at radius 3 is 1.67 bits per heavy atom. The minimum absolute atomic E-state index is 0.0382. The number of hydrogen-bond acceptors (Lipinski definition) is 2. The van der Waals surface area contributed by atoms with E-state index in [0.717, 1.165) is 0 Å². The molecule has 0 aliphatic rings. The van der Waals surface area contributed by atoms with Crippen LogP contribution in [0.2, 0.25) is 0 Å². The van der Waals surface area contributed by atoms with Crippen molar-refractivity contribution in [2.45, 2.75) is 27.7 Å². The summed E-state index contributed by atoms with van der Waals surface area (Å²) in [4.78, 5) is 21.9. The van der Waals surface area contributed by atoms with E-state index in [-0.39, 0.29) is 23.5 Å². The fraction of sp³-hybridized carbons (Fsp3) is 0.778. The lowest BCUT2D eigenvalue weighted by atomic mass is 9.81. The van der Waals surface area contributed by atoms with Crippen LogP contribution in [0.15, 0.2) is 0 Å². The van der Waals surface area contributed by atoms with Crippen LogP contribution in [0.25, 0.3) is 0 Å². The molecule has 0 aromatic carbocycles. The molecule has 3 nitrogen and oxygen atoms in total. The van der Waals surface area contributed by atoms with Crippen molar-refractivity contribution >= 4 is 11.7 Å². The van der Waals surface area contributed by atoms with Crippen molar-refractivity contribution < 1.29 is 9.59 Å². The molecule has 0 bridgehead atoms. The van der Waals surface area contributed by atoms with Gasteiger partial charge in [-0.05, 0) is 12.8 Å². The molecule has 0 aromatic rings. The average molecular weight is 171 g/mol. The third-order valence-corrected chi connectivity index (χ3v) is 2.18. The van der Waals surface area contributed by atoms with Crippen LogP contribution in [0, 0.1) is 17.8 Å². The minimum Gasteiger partial charge on any atom is -0.369 e. The Kier molecular flexibility index (Phi) is 3.93. The highest BCUT2D eigenvalue weighted by atomic mass is 16.1. The third kappa shape index (κ3) is 2.64. The second kappa shape index (κ2) is 4.24. The van der Waals surface area contributed by atoms with Crippen molar-refractivity contribution in [3.05, 3.63) is 0 Å². The molecular formula is C9H17NO2. The zero-order valence-corrected chi connectivity index (χ0v) is 8.13. The zero-order valence-electron chi connectivity index (χ0n) is 8.13. The van der Waals surface area contributed by atoms with Gasteiger partial charge < -0.3 is 5.73 Å². The lowest BCUT2D eigenvalue weighted by molar-refractivity contribution is -0.131. The lowest BCUT2D eigenvalue weighted by Crippen LogP contribution is -2.34. The van der Waals surface area contributed by atoms with Gasteiger partial charge in [-0.2, -0.15) is 0 Å². The van der Waals surface area contributed by atoms with Gasteiger partial charge in [0.1, 0.15) is 5.78 Å². The lowest BCUT2D eigenvalue weighted by Gasteiger charge is -2.22. The average Bonchev–Trinajstić information content (AvgIpc) is 1.85. The number of carbonyl (C=O) groups is 2.